The Balaban J connectivity index is 1.35. The monoisotopic (exact) mass is 541 g/mol. The lowest BCUT2D eigenvalue weighted by atomic mass is 9.96. The molecule has 0 aromatic heterocycles. The first-order chi connectivity index (χ1) is 18.4. The first kappa shape index (κ1) is 26.5. The predicted octanol–water partition coefficient (Wildman–Crippen LogP) is 3.12. The molecule has 202 valence electrons. The van der Waals surface area contributed by atoms with Gasteiger partial charge in [-0.2, -0.15) is 0 Å². The van der Waals surface area contributed by atoms with Gasteiger partial charge in [-0.1, -0.05) is 17.7 Å². The number of carbonyl (C=O) groups is 3. The molecule has 0 aliphatic carbocycles. The van der Waals surface area contributed by atoms with Crippen molar-refractivity contribution in [2.75, 3.05) is 40.0 Å². The van der Waals surface area contributed by atoms with Crippen LogP contribution in [-0.4, -0.2) is 85.3 Å². The Bertz CT molecular complexity index is 1180. The highest BCUT2D eigenvalue weighted by Gasteiger charge is 2.54. The lowest BCUT2D eigenvalue weighted by Crippen LogP contribution is -2.60. The van der Waals surface area contributed by atoms with Crippen molar-refractivity contribution in [2.45, 2.75) is 43.6 Å². The van der Waals surface area contributed by atoms with Crippen LogP contribution < -0.4 is 10.1 Å². The number of nitrogens with one attached hydrogen (secondary N) is 1. The van der Waals surface area contributed by atoms with Gasteiger partial charge in [-0.25, -0.2) is 0 Å². The van der Waals surface area contributed by atoms with Crippen LogP contribution in [0.2, 0.25) is 5.02 Å². The maximum Gasteiger partial charge on any atom is 0.256 e. The average molecular weight is 542 g/mol. The number of ether oxygens (including phenoxy) is 3. The number of hydrogen-bond donors (Lipinski definition) is 1. The SMILES string of the molecule is COc1ccc(C(=O)N2C(C(=O)NCC3CCCO3)COC23CCN(C(=O)c2cccc(Cl)c2)CC3)cc1. The van der Waals surface area contributed by atoms with E-state index in [1.54, 1.807) is 65.4 Å². The van der Waals surface area contributed by atoms with E-state index >= 15 is 0 Å². The molecule has 5 rings (SSSR count). The largest absolute Gasteiger partial charge is 0.497 e. The van der Waals surface area contributed by atoms with E-state index < -0.39 is 11.8 Å². The zero-order valence-corrected chi connectivity index (χ0v) is 22.1. The fourth-order valence-corrected chi connectivity index (χ4v) is 5.63. The maximum atomic E-state index is 13.9. The third-order valence-corrected chi connectivity index (χ3v) is 7.79. The molecular weight excluding hydrogens is 510 g/mol. The van der Waals surface area contributed by atoms with Crippen LogP contribution in [0.3, 0.4) is 0 Å². The molecule has 2 unspecified atom stereocenters. The molecule has 1 N–H and O–H groups in total. The Morgan fingerprint density at radius 2 is 1.84 bits per heavy atom. The van der Waals surface area contributed by atoms with Crippen molar-refractivity contribution in [3.05, 3.63) is 64.7 Å². The molecule has 0 saturated carbocycles. The van der Waals surface area contributed by atoms with Gasteiger partial charge in [0.1, 0.15) is 17.5 Å². The minimum atomic E-state index is -0.992. The lowest BCUT2D eigenvalue weighted by Gasteiger charge is -2.44. The molecule has 0 radical (unpaired) electrons. The second-order valence-corrected chi connectivity index (χ2v) is 10.3. The van der Waals surface area contributed by atoms with Crippen molar-refractivity contribution in [2.24, 2.45) is 0 Å². The molecule has 38 heavy (non-hydrogen) atoms. The fourth-order valence-electron chi connectivity index (χ4n) is 5.44. The quantitative estimate of drug-likeness (QED) is 0.603. The Kier molecular flexibility index (Phi) is 7.88. The summed E-state index contributed by atoms with van der Waals surface area (Å²) in [5.74, 6) is -0.0550. The van der Waals surface area contributed by atoms with Gasteiger partial charge in [-0.15, -0.1) is 0 Å². The van der Waals surface area contributed by atoms with Gasteiger partial charge in [0.05, 0.1) is 19.8 Å². The second-order valence-electron chi connectivity index (χ2n) is 9.86. The standard InChI is InChI=1S/C28H32ClN3O6/c1-36-22-9-7-19(8-10-22)27(35)32-24(25(33)30-17-23-6-3-15-37-23)18-38-28(32)11-13-31(14-12-28)26(34)20-4-2-5-21(29)16-20/h2,4-5,7-10,16,23-24H,3,6,11-15,17-18H2,1H3,(H,30,33). The Morgan fingerprint density at radius 3 is 2.50 bits per heavy atom. The van der Waals surface area contributed by atoms with Crippen LogP contribution in [0.25, 0.3) is 0 Å². The average Bonchev–Trinajstić information content (AvgIpc) is 3.60. The van der Waals surface area contributed by atoms with Gasteiger partial charge in [0, 0.05) is 55.2 Å². The van der Waals surface area contributed by atoms with Crippen LogP contribution in [0.5, 0.6) is 5.75 Å². The van der Waals surface area contributed by atoms with Gasteiger partial charge in [0.25, 0.3) is 11.8 Å². The summed E-state index contributed by atoms with van der Waals surface area (Å²) in [6, 6.07) is 12.9. The normalized spacial score (nSPS) is 22.5. The van der Waals surface area contributed by atoms with E-state index in [0.717, 1.165) is 12.8 Å². The van der Waals surface area contributed by atoms with Gasteiger partial charge in [0.2, 0.25) is 5.91 Å². The Labute approximate surface area is 227 Å². The first-order valence-electron chi connectivity index (χ1n) is 13.0. The number of halogens is 1. The molecule has 2 aromatic carbocycles. The molecule has 9 nitrogen and oxygen atoms in total. The van der Waals surface area contributed by atoms with E-state index in [0.29, 0.717) is 61.0 Å². The number of carbonyl (C=O) groups excluding carboxylic acids is 3. The van der Waals surface area contributed by atoms with Crippen LogP contribution in [0, 0.1) is 0 Å². The topological polar surface area (TPSA) is 97.4 Å². The number of hydrogen-bond acceptors (Lipinski definition) is 6. The summed E-state index contributed by atoms with van der Waals surface area (Å²) in [7, 11) is 1.56. The third kappa shape index (κ3) is 5.36. The van der Waals surface area contributed by atoms with Gasteiger partial charge in [0.15, 0.2) is 0 Å². The molecule has 2 atom stereocenters. The molecule has 3 heterocycles. The van der Waals surface area contributed by atoms with Crippen LogP contribution in [0.1, 0.15) is 46.4 Å². The second kappa shape index (κ2) is 11.3. The number of rotatable bonds is 6. The summed E-state index contributed by atoms with van der Waals surface area (Å²) in [5, 5.41) is 3.46. The molecule has 3 fully saturated rings. The molecule has 0 bridgehead atoms. The van der Waals surface area contributed by atoms with E-state index in [1.165, 1.54) is 0 Å². The highest BCUT2D eigenvalue weighted by Crippen LogP contribution is 2.39. The van der Waals surface area contributed by atoms with Crippen LogP contribution in [0.4, 0.5) is 0 Å². The Hall–Kier alpha value is -3.14. The van der Waals surface area contributed by atoms with Crippen LogP contribution in [-0.2, 0) is 14.3 Å². The molecule has 2 aromatic rings. The molecule has 3 saturated heterocycles. The molecule has 3 amide bonds. The summed E-state index contributed by atoms with van der Waals surface area (Å²) in [5.41, 5.74) is -0.0445. The Morgan fingerprint density at radius 1 is 1.08 bits per heavy atom. The van der Waals surface area contributed by atoms with Crippen molar-refractivity contribution in [1.82, 2.24) is 15.1 Å². The molecular formula is C28H32ClN3O6. The van der Waals surface area contributed by atoms with E-state index in [1.807, 2.05) is 0 Å². The van der Waals surface area contributed by atoms with Crippen molar-refractivity contribution in [1.29, 1.82) is 0 Å². The molecule has 1 spiro atoms. The summed E-state index contributed by atoms with van der Waals surface area (Å²) in [6.07, 6.45) is 2.63. The van der Waals surface area contributed by atoms with E-state index in [-0.39, 0.29) is 30.4 Å². The number of methoxy groups -OCH3 is 1. The molecule has 3 aliphatic heterocycles. The zero-order valence-electron chi connectivity index (χ0n) is 21.4. The first-order valence-corrected chi connectivity index (χ1v) is 13.3. The number of amides is 3. The van der Waals surface area contributed by atoms with E-state index in [4.69, 9.17) is 25.8 Å². The van der Waals surface area contributed by atoms with Crippen LogP contribution >= 0.6 is 11.6 Å². The molecule has 10 heteroatoms. The number of piperidine rings is 1. The number of likely N-dealkylation sites (tertiary alicyclic amines) is 1. The van der Waals surface area contributed by atoms with Gasteiger partial charge >= 0.3 is 0 Å². The van der Waals surface area contributed by atoms with Gasteiger partial charge < -0.3 is 24.4 Å². The summed E-state index contributed by atoms with van der Waals surface area (Å²) >= 11 is 6.08. The summed E-state index contributed by atoms with van der Waals surface area (Å²) in [6.45, 7) is 1.93. The smallest absolute Gasteiger partial charge is 0.256 e. The van der Waals surface area contributed by atoms with E-state index in [2.05, 4.69) is 5.32 Å². The van der Waals surface area contributed by atoms with Crippen LogP contribution in [0.15, 0.2) is 48.5 Å². The number of benzene rings is 2. The highest BCUT2D eigenvalue weighted by atomic mass is 35.5. The lowest BCUT2D eigenvalue weighted by molar-refractivity contribution is -0.128. The van der Waals surface area contributed by atoms with E-state index in [9.17, 15) is 14.4 Å². The van der Waals surface area contributed by atoms with Crippen molar-refractivity contribution in [3.8, 4) is 5.75 Å². The summed E-state index contributed by atoms with van der Waals surface area (Å²) < 4.78 is 17.1. The molecule has 3 aliphatic rings. The maximum absolute atomic E-state index is 13.9. The highest BCUT2D eigenvalue weighted by molar-refractivity contribution is 6.30. The van der Waals surface area contributed by atoms with Crippen molar-refractivity contribution >= 4 is 29.3 Å². The minimum Gasteiger partial charge on any atom is -0.497 e. The zero-order chi connectivity index (χ0) is 26.7. The minimum absolute atomic E-state index is 0.0123. The number of nitrogens with zero attached hydrogens (tertiary/aromatic N) is 2. The van der Waals surface area contributed by atoms with Gasteiger partial charge in [-0.05, 0) is 55.3 Å². The third-order valence-electron chi connectivity index (χ3n) is 7.55. The van der Waals surface area contributed by atoms with Crippen molar-refractivity contribution in [3.63, 3.8) is 0 Å². The summed E-state index contributed by atoms with van der Waals surface area (Å²) in [4.78, 5) is 43.6. The van der Waals surface area contributed by atoms with Crippen molar-refractivity contribution < 1.29 is 28.6 Å². The predicted molar refractivity (Wildman–Crippen MR) is 140 cm³/mol. The van der Waals surface area contributed by atoms with Gasteiger partial charge in [-0.3, -0.25) is 19.3 Å². The fraction of sp³-hybridized carbons (Fsp3) is 0.464.